The topological polar surface area (TPSA) is 366 Å². The van der Waals surface area contributed by atoms with Gasteiger partial charge >= 0.3 is 5.97 Å². The number of aliphatic carboxylic acids is 1. The summed E-state index contributed by atoms with van der Waals surface area (Å²) < 4.78 is 0. The van der Waals surface area contributed by atoms with Crippen LogP contribution >= 0.6 is 0 Å². The molecule has 17 N–H and O–H groups in total. The van der Waals surface area contributed by atoms with Gasteiger partial charge in [-0.05, 0) is 82.5 Å². The van der Waals surface area contributed by atoms with Gasteiger partial charge in [0.25, 0.3) is 0 Å². The lowest BCUT2D eigenvalue weighted by molar-refractivity contribution is -0.143. The molecule has 1 aromatic heterocycles. The van der Waals surface area contributed by atoms with Crippen molar-refractivity contribution in [2.75, 3.05) is 26.3 Å². The highest BCUT2D eigenvalue weighted by atomic mass is 16.4. The number of aromatic amines is 1. The summed E-state index contributed by atoms with van der Waals surface area (Å²) in [6.07, 6.45) is 2.34. The van der Waals surface area contributed by atoms with E-state index in [1.54, 1.807) is 20.0 Å². The summed E-state index contributed by atoms with van der Waals surface area (Å²) in [5.41, 5.74) is 19.0. The lowest BCUT2D eigenvalue weighted by Crippen LogP contribution is -2.63. The molecule has 0 fully saturated rings. The van der Waals surface area contributed by atoms with E-state index >= 15 is 0 Å². The number of rotatable bonds is 27. The van der Waals surface area contributed by atoms with Crippen molar-refractivity contribution in [1.29, 1.82) is 0 Å². The number of nitrogens with one attached hydrogen (secondary N) is 7. The van der Waals surface area contributed by atoms with Gasteiger partial charge in [0.15, 0.2) is 0 Å². The number of hydrogen-bond donors (Lipinski definition) is 14. The van der Waals surface area contributed by atoms with Crippen LogP contribution in [-0.2, 0) is 40.0 Å². The number of aliphatic hydroxyl groups is 3. The van der Waals surface area contributed by atoms with E-state index in [2.05, 4.69) is 36.9 Å². The van der Waals surface area contributed by atoms with Gasteiger partial charge in [0.05, 0.1) is 25.4 Å². The lowest BCUT2D eigenvalue weighted by atomic mass is 10.0. The van der Waals surface area contributed by atoms with Gasteiger partial charge in [-0.25, -0.2) is 4.79 Å². The molecule has 1 aromatic carbocycles. The lowest BCUT2D eigenvalue weighted by Gasteiger charge is -2.28. The number of benzene rings is 1. The first-order valence-electron chi connectivity index (χ1n) is 19.6. The minimum Gasteiger partial charge on any atom is -0.480 e. The second-order valence-electron chi connectivity index (χ2n) is 14.6. The van der Waals surface area contributed by atoms with Gasteiger partial charge in [-0.3, -0.25) is 28.8 Å². The average molecular weight is 835 g/mol. The van der Waals surface area contributed by atoms with Crippen LogP contribution in [0.1, 0.15) is 64.9 Å². The predicted octanol–water partition coefficient (Wildman–Crippen LogP) is -3.69. The van der Waals surface area contributed by atoms with Crippen LogP contribution in [0.25, 0.3) is 10.9 Å². The largest absolute Gasteiger partial charge is 0.480 e. The number of carbonyl (C=O) groups is 7. The van der Waals surface area contributed by atoms with Crippen molar-refractivity contribution in [1.82, 2.24) is 36.9 Å². The molecule has 330 valence electrons. The Hall–Kier alpha value is -5.19. The van der Waals surface area contributed by atoms with Crippen molar-refractivity contribution in [2.45, 2.75) is 114 Å². The third-order valence-electron chi connectivity index (χ3n) is 9.53. The third kappa shape index (κ3) is 15.8. The molecular weight excluding hydrogens is 772 g/mol. The number of carboxylic acids is 1. The number of unbranched alkanes of at least 4 members (excludes halogenated alkanes) is 2. The Morgan fingerprint density at radius 3 is 1.64 bits per heavy atom. The standard InChI is InChI=1S/C38H62N10O11/c1-20(2)30(36(56)44-27(38(58)59)13-7-9-15-40)47-34(54)29(19-50)46-37(57)31(21(3)51)48-35(55)28(18-49)45-33(53)26(12-6-8-14-39)43-32(52)24(41)16-22-17-42-25-11-5-4-10-23(22)25/h4-5,10-11,17,20-21,24,26-31,42,49-51H,6-9,12-16,18-19,39-41H2,1-3H3,(H,43,52)(H,44,56)(H,45,53)(H,46,57)(H,47,54)(H,48,55)(H,58,59)/t21-,24+,26+,27+,28+,29+,30+,31+/m1/s1. The summed E-state index contributed by atoms with van der Waals surface area (Å²) in [4.78, 5) is 94.3. The van der Waals surface area contributed by atoms with Gasteiger partial charge in [0, 0.05) is 17.1 Å². The second kappa shape index (κ2) is 25.3. The van der Waals surface area contributed by atoms with Gasteiger partial charge in [0.2, 0.25) is 35.4 Å². The number of hydrogen-bond acceptors (Lipinski definition) is 13. The molecule has 21 heteroatoms. The van der Waals surface area contributed by atoms with E-state index in [9.17, 15) is 54.0 Å². The average Bonchev–Trinajstić information content (AvgIpc) is 3.60. The number of nitrogens with two attached hydrogens (primary N) is 3. The van der Waals surface area contributed by atoms with Crippen LogP contribution < -0.4 is 49.1 Å². The van der Waals surface area contributed by atoms with Gasteiger partial charge < -0.3 is 74.5 Å². The first-order chi connectivity index (χ1) is 28.0. The van der Waals surface area contributed by atoms with Crippen LogP contribution in [0.4, 0.5) is 0 Å². The second-order valence-corrected chi connectivity index (χ2v) is 14.6. The summed E-state index contributed by atoms with van der Waals surface area (Å²) in [6, 6.07) is -2.52. The van der Waals surface area contributed by atoms with Crippen LogP contribution in [0, 0.1) is 5.92 Å². The van der Waals surface area contributed by atoms with E-state index in [4.69, 9.17) is 17.2 Å². The summed E-state index contributed by atoms with van der Waals surface area (Å²) in [7, 11) is 0. The van der Waals surface area contributed by atoms with Gasteiger partial charge in [0.1, 0.15) is 36.3 Å². The van der Waals surface area contributed by atoms with Gasteiger partial charge in [-0.2, -0.15) is 0 Å². The molecule has 8 atom stereocenters. The van der Waals surface area contributed by atoms with E-state index in [0.29, 0.717) is 38.8 Å². The summed E-state index contributed by atoms with van der Waals surface area (Å²) >= 11 is 0. The van der Waals surface area contributed by atoms with E-state index in [-0.39, 0.29) is 19.3 Å². The molecule has 0 radical (unpaired) electrons. The fraction of sp³-hybridized carbons (Fsp3) is 0.605. The minimum absolute atomic E-state index is 0.0907. The van der Waals surface area contributed by atoms with Crippen molar-refractivity contribution >= 4 is 52.3 Å². The number of aliphatic hydroxyl groups excluding tert-OH is 3. The highest BCUT2D eigenvalue weighted by molar-refractivity contribution is 5.97. The zero-order valence-electron chi connectivity index (χ0n) is 33.7. The fourth-order valence-corrected chi connectivity index (χ4v) is 6.05. The maximum Gasteiger partial charge on any atom is 0.326 e. The van der Waals surface area contributed by atoms with E-state index in [1.165, 1.54) is 0 Å². The van der Waals surface area contributed by atoms with Crippen molar-refractivity contribution in [3.05, 3.63) is 36.0 Å². The molecule has 0 aliphatic rings. The van der Waals surface area contributed by atoms with Crippen molar-refractivity contribution < 1.29 is 54.0 Å². The number of H-pyrrole nitrogens is 1. The molecule has 2 rings (SSSR count). The molecule has 0 bridgehead atoms. The highest BCUT2D eigenvalue weighted by Gasteiger charge is 2.35. The van der Waals surface area contributed by atoms with Crippen molar-refractivity contribution in [3.8, 4) is 0 Å². The smallest absolute Gasteiger partial charge is 0.326 e. The number of fused-ring (bicyclic) bond motifs is 1. The maximum atomic E-state index is 13.5. The predicted molar refractivity (Wildman–Crippen MR) is 216 cm³/mol. The number of amides is 6. The Balaban J connectivity index is 2.11. The monoisotopic (exact) mass is 834 g/mol. The first kappa shape index (κ1) is 50.0. The number of carbonyl (C=O) groups excluding carboxylic acids is 6. The van der Waals surface area contributed by atoms with Gasteiger partial charge in [-0.1, -0.05) is 32.0 Å². The molecule has 21 nitrogen and oxygen atoms in total. The number of carboxylic acid groups (broad SMARTS) is 1. The molecule has 59 heavy (non-hydrogen) atoms. The van der Waals surface area contributed by atoms with E-state index in [1.807, 2.05) is 24.3 Å². The Kier molecular flexibility index (Phi) is 21.4. The minimum atomic E-state index is -1.79. The third-order valence-corrected chi connectivity index (χ3v) is 9.53. The molecular formula is C38H62N10O11. The van der Waals surface area contributed by atoms with Crippen LogP contribution in [0.3, 0.4) is 0 Å². The number of para-hydroxylation sites is 1. The van der Waals surface area contributed by atoms with Crippen LogP contribution in [0.15, 0.2) is 30.5 Å². The van der Waals surface area contributed by atoms with E-state index in [0.717, 1.165) is 23.4 Å². The van der Waals surface area contributed by atoms with Gasteiger partial charge in [-0.15, -0.1) is 0 Å². The summed E-state index contributed by atoms with van der Waals surface area (Å²) in [5.74, 6) is -7.49. The Morgan fingerprint density at radius 1 is 0.644 bits per heavy atom. The molecule has 6 amide bonds. The van der Waals surface area contributed by atoms with Crippen LogP contribution in [-0.4, -0.2) is 142 Å². The molecule has 0 aliphatic carbocycles. The Bertz CT molecular complexity index is 1700. The Labute approximate surface area is 342 Å². The van der Waals surface area contributed by atoms with E-state index < -0.39 is 109 Å². The Morgan fingerprint density at radius 2 is 1.12 bits per heavy atom. The van der Waals surface area contributed by atoms with Crippen LogP contribution in [0.2, 0.25) is 0 Å². The first-order valence-corrected chi connectivity index (χ1v) is 19.6. The fourth-order valence-electron chi connectivity index (χ4n) is 6.05. The maximum absolute atomic E-state index is 13.5. The zero-order chi connectivity index (χ0) is 44.2. The highest BCUT2D eigenvalue weighted by Crippen LogP contribution is 2.19. The molecule has 0 spiro atoms. The van der Waals surface area contributed by atoms with Crippen molar-refractivity contribution in [2.24, 2.45) is 23.1 Å². The van der Waals surface area contributed by atoms with Crippen LogP contribution in [0.5, 0.6) is 0 Å². The summed E-state index contributed by atoms with van der Waals surface area (Å²) in [6.45, 7) is 2.98. The molecule has 0 saturated heterocycles. The van der Waals surface area contributed by atoms with Crippen molar-refractivity contribution in [3.63, 3.8) is 0 Å². The molecule has 1 heterocycles. The zero-order valence-corrected chi connectivity index (χ0v) is 33.7. The number of aromatic nitrogens is 1. The summed E-state index contributed by atoms with van der Waals surface area (Å²) in [5, 5.41) is 55.1. The molecule has 0 unspecified atom stereocenters. The molecule has 2 aromatic rings. The SMILES string of the molecule is CC(C)[C@H](NC(=O)[C@H](CO)NC(=O)[C@@H](NC(=O)[C@H](CO)NC(=O)[C@H](CCCCN)NC(=O)[C@@H](N)Cc1c[nH]c2ccccc12)[C@@H](C)O)C(=O)N[C@@H](CCCCN)C(=O)O. The normalized spacial score (nSPS) is 15.4. The quantitative estimate of drug-likeness (QED) is 0.0386. The molecule has 0 aliphatic heterocycles. The molecule has 0 saturated carbocycles.